The molecule has 5 heteroatoms. The number of aromatic nitrogens is 2. The van der Waals surface area contributed by atoms with Crippen molar-refractivity contribution >= 4 is 0 Å². The van der Waals surface area contributed by atoms with Crippen molar-refractivity contribution in [3.63, 3.8) is 0 Å². The van der Waals surface area contributed by atoms with Crippen LogP contribution in [-0.2, 0) is 13.5 Å². The number of rotatable bonds is 3. The zero-order valence-corrected chi connectivity index (χ0v) is 10.3. The van der Waals surface area contributed by atoms with Crippen LogP contribution in [-0.4, -0.2) is 9.78 Å². The monoisotopic (exact) mass is 251 g/mol. The van der Waals surface area contributed by atoms with Crippen LogP contribution >= 0.6 is 0 Å². The Morgan fingerprint density at radius 3 is 2.72 bits per heavy atom. The van der Waals surface area contributed by atoms with Crippen LogP contribution in [0.4, 0.5) is 8.78 Å². The van der Waals surface area contributed by atoms with Gasteiger partial charge in [0.15, 0.2) is 11.6 Å². The second-order valence-corrected chi connectivity index (χ2v) is 4.18. The summed E-state index contributed by atoms with van der Waals surface area (Å²) in [6.45, 7) is 1.94. The molecule has 0 bridgehead atoms. The lowest BCUT2D eigenvalue weighted by Crippen LogP contribution is -2.15. The topological polar surface area (TPSA) is 43.8 Å². The van der Waals surface area contributed by atoms with E-state index in [9.17, 15) is 8.78 Å². The first-order chi connectivity index (χ1) is 8.54. The molecule has 0 spiro atoms. The van der Waals surface area contributed by atoms with Gasteiger partial charge >= 0.3 is 0 Å². The van der Waals surface area contributed by atoms with Gasteiger partial charge in [0.1, 0.15) is 0 Å². The van der Waals surface area contributed by atoms with Crippen molar-refractivity contribution in [2.45, 2.75) is 19.4 Å². The first-order valence-corrected chi connectivity index (χ1v) is 5.76. The van der Waals surface area contributed by atoms with Crippen LogP contribution in [0.25, 0.3) is 0 Å². The zero-order chi connectivity index (χ0) is 13.3. The van der Waals surface area contributed by atoms with Crippen LogP contribution in [0.5, 0.6) is 0 Å². The van der Waals surface area contributed by atoms with E-state index in [-0.39, 0.29) is 5.56 Å². The van der Waals surface area contributed by atoms with Gasteiger partial charge in [0.25, 0.3) is 0 Å². The largest absolute Gasteiger partial charge is 0.320 e. The summed E-state index contributed by atoms with van der Waals surface area (Å²) in [5.74, 6) is -1.78. The van der Waals surface area contributed by atoms with Crippen molar-refractivity contribution < 1.29 is 8.78 Å². The molecule has 3 nitrogen and oxygen atoms in total. The lowest BCUT2D eigenvalue weighted by atomic mass is 9.98. The minimum Gasteiger partial charge on any atom is -0.320 e. The standard InChI is InChI=1S/C13H15F2N3/c1-3-11-9(7-18(2)17-11)13(16)8-5-4-6-10(14)12(8)15/h4-7,13H,3,16H2,1-2H3. The van der Waals surface area contributed by atoms with Crippen molar-refractivity contribution in [3.8, 4) is 0 Å². The molecule has 18 heavy (non-hydrogen) atoms. The Balaban J connectivity index is 2.47. The third-order valence-corrected chi connectivity index (χ3v) is 2.92. The van der Waals surface area contributed by atoms with Gasteiger partial charge in [-0.15, -0.1) is 0 Å². The van der Waals surface area contributed by atoms with E-state index in [0.717, 1.165) is 17.3 Å². The number of nitrogens with two attached hydrogens (primary N) is 1. The third kappa shape index (κ3) is 2.13. The molecule has 1 unspecified atom stereocenters. The molecule has 0 fully saturated rings. The summed E-state index contributed by atoms with van der Waals surface area (Å²) in [7, 11) is 1.78. The highest BCUT2D eigenvalue weighted by molar-refractivity contribution is 5.34. The first-order valence-electron chi connectivity index (χ1n) is 5.76. The van der Waals surface area contributed by atoms with Crippen molar-refractivity contribution in [1.29, 1.82) is 0 Å². The molecule has 1 aromatic heterocycles. The van der Waals surface area contributed by atoms with E-state index in [0.29, 0.717) is 6.42 Å². The summed E-state index contributed by atoms with van der Waals surface area (Å²) >= 11 is 0. The van der Waals surface area contributed by atoms with Gasteiger partial charge < -0.3 is 5.73 Å². The van der Waals surface area contributed by atoms with E-state index in [1.807, 2.05) is 6.92 Å². The van der Waals surface area contributed by atoms with Gasteiger partial charge in [-0.25, -0.2) is 8.78 Å². The average Bonchev–Trinajstić information content (AvgIpc) is 2.73. The molecule has 0 amide bonds. The molecule has 1 atom stereocenters. The fraction of sp³-hybridized carbons (Fsp3) is 0.308. The van der Waals surface area contributed by atoms with Crippen molar-refractivity contribution in [1.82, 2.24) is 9.78 Å². The van der Waals surface area contributed by atoms with E-state index in [4.69, 9.17) is 5.73 Å². The molecule has 1 aromatic carbocycles. The van der Waals surface area contributed by atoms with Crippen LogP contribution in [0.15, 0.2) is 24.4 Å². The van der Waals surface area contributed by atoms with Gasteiger partial charge in [0.2, 0.25) is 0 Å². The normalized spacial score (nSPS) is 12.7. The van der Waals surface area contributed by atoms with Gasteiger partial charge in [0, 0.05) is 24.4 Å². The molecule has 2 aromatic rings. The Morgan fingerprint density at radius 2 is 2.06 bits per heavy atom. The van der Waals surface area contributed by atoms with Gasteiger partial charge in [0.05, 0.1) is 11.7 Å². The molecular formula is C13H15F2N3. The maximum Gasteiger partial charge on any atom is 0.163 e. The van der Waals surface area contributed by atoms with E-state index >= 15 is 0 Å². The second-order valence-electron chi connectivity index (χ2n) is 4.18. The first kappa shape index (κ1) is 12.7. The summed E-state index contributed by atoms with van der Waals surface area (Å²) < 4.78 is 28.5. The van der Waals surface area contributed by atoms with Crippen molar-refractivity contribution in [2.24, 2.45) is 12.8 Å². The smallest absolute Gasteiger partial charge is 0.163 e. The Morgan fingerprint density at radius 1 is 1.33 bits per heavy atom. The number of hydrogen-bond acceptors (Lipinski definition) is 2. The van der Waals surface area contributed by atoms with E-state index in [1.54, 1.807) is 17.9 Å². The quantitative estimate of drug-likeness (QED) is 0.909. The molecule has 96 valence electrons. The second kappa shape index (κ2) is 4.86. The number of halogens is 2. The summed E-state index contributed by atoms with van der Waals surface area (Å²) in [6.07, 6.45) is 2.44. The molecule has 2 rings (SSSR count). The molecule has 0 aliphatic carbocycles. The molecule has 0 aliphatic rings. The number of nitrogens with zero attached hydrogens (tertiary/aromatic N) is 2. The lowest BCUT2D eigenvalue weighted by Gasteiger charge is -2.13. The van der Waals surface area contributed by atoms with Gasteiger partial charge in [-0.3, -0.25) is 4.68 Å². The van der Waals surface area contributed by atoms with Crippen molar-refractivity contribution in [3.05, 3.63) is 52.9 Å². The van der Waals surface area contributed by atoms with Gasteiger partial charge in [-0.05, 0) is 12.5 Å². The van der Waals surface area contributed by atoms with E-state index < -0.39 is 17.7 Å². The molecular weight excluding hydrogens is 236 g/mol. The Hall–Kier alpha value is -1.75. The summed E-state index contributed by atoms with van der Waals surface area (Å²) in [5.41, 5.74) is 7.69. The Bertz CT molecular complexity index is 563. The fourth-order valence-electron chi connectivity index (χ4n) is 2.02. The van der Waals surface area contributed by atoms with Crippen molar-refractivity contribution in [2.75, 3.05) is 0 Å². The molecule has 0 radical (unpaired) electrons. The lowest BCUT2D eigenvalue weighted by molar-refractivity contribution is 0.494. The van der Waals surface area contributed by atoms with Crippen LogP contribution in [0.2, 0.25) is 0 Å². The molecule has 0 aliphatic heterocycles. The predicted octanol–water partition coefficient (Wildman–Crippen LogP) is 2.31. The van der Waals surface area contributed by atoms with Crippen LogP contribution in [0.3, 0.4) is 0 Å². The van der Waals surface area contributed by atoms with E-state index in [1.165, 1.54) is 12.1 Å². The highest BCUT2D eigenvalue weighted by atomic mass is 19.2. The van der Waals surface area contributed by atoms with Crippen LogP contribution < -0.4 is 5.73 Å². The SMILES string of the molecule is CCc1nn(C)cc1C(N)c1cccc(F)c1F. The Kier molecular flexibility index (Phi) is 3.43. The third-order valence-electron chi connectivity index (χ3n) is 2.92. The number of hydrogen-bond donors (Lipinski definition) is 1. The Labute approximate surface area is 104 Å². The average molecular weight is 251 g/mol. The minimum absolute atomic E-state index is 0.151. The fourth-order valence-corrected chi connectivity index (χ4v) is 2.02. The molecule has 0 saturated carbocycles. The maximum atomic E-state index is 13.7. The van der Waals surface area contributed by atoms with Crippen LogP contribution in [0.1, 0.15) is 29.8 Å². The predicted molar refractivity (Wildman–Crippen MR) is 65.0 cm³/mol. The zero-order valence-electron chi connectivity index (χ0n) is 10.3. The summed E-state index contributed by atoms with van der Waals surface area (Å²) in [6, 6.07) is 3.32. The maximum absolute atomic E-state index is 13.7. The highest BCUT2D eigenvalue weighted by Crippen LogP contribution is 2.25. The summed E-state index contributed by atoms with van der Waals surface area (Å²) in [5, 5.41) is 4.25. The molecule has 0 saturated heterocycles. The summed E-state index contributed by atoms with van der Waals surface area (Å²) in [4.78, 5) is 0. The highest BCUT2D eigenvalue weighted by Gasteiger charge is 2.20. The van der Waals surface area contributed by atoms with Gasteiger partial charge in [-0.1, -0.05) is 19.1 Å². The minimum atomic E-state index is -0.893. The van der Waals surface area contributed by atoms with E-state index in [2.05, 4.69) is 5.10 Å². The molecule has 2 N–H and O–H groups in total. The van der Waals surface area contributed by atoms with Gasteiger partial charge in [-0.2, -0.15) is 5.10 Å². The molecule has 1 heterocycles. The number of benzene rings is 1. The number of aryl methyl sites for hydroxylation is 2. The van der Waals surface area contributed by atoms with Crippen LogP contribution in [0, 0.1) is 11.6 Å².